The Morgan fingerprint density at radius 1 is 1.15 bits per heavy atom. The van der Waals surface area contributed by atoms with Gasteiger partial charge in [0.25, 0.3) is 0 Å². The van der Waals surface area contributed by atoms with Crippen molar-refractivity contribution in [1.29, 1.82) is 0 Å². The Morgan fingerprint density at radius 3 is 2.58 bits per heavy atom. The number of amides is 2. The van der Waals surface area contributed by atoms with E-state index in [9.17, 15) is 14.7 Å². The van der Waals surface area contributed by atoms with Gasteiger partial charge in [0.15, 0.2) is 0 Å². The topological polar surface area (TPSA) is 109 Å². The maximum Gasteiger partial charge on any atom is 0.235 e. The zero-order chi connectivity index (χ0) is 18.1. The van der Waals surface area contributed by atoms with Crippen molar-refractivity contribution in [3.05, 3.63) is 41.7 Å². The summed E-state index contributed by atoms with van der Waals surface area (Å²) in [6.45, 7) is 1.60. The largest absolute Gasteiger partial charge is 0.385 e. The molecule has 26 heavy (non-hydrogen) atoms. The Hall–Kier alpha value is -2.58. The smallest absolute Gasteiger partial charge is 0.235 e. The van der Waals surface area contributed by atoms with Gasteiger partial charge in [0.05, 0.1) is 29.1 Å². The van der Waals surface area contributed by atoms with E-state index < -0.39 is 11.5 Å². The van der Waals surface area contributed by atoms with Crippen molar-refractivity contribution in [3.8, 4) is 5.69 Å². The minimum absolute atomic E-state index is 0.245. The zero-order valence-electron chi connectivity index (χ0n) is 14.3. The van der Waals surface area contributed by atoms with Crippen molar-refractivity contribution in [2.45, 2.75) is 37.2 Å². The monoisotopic (exact) mass is 355 g/mol. The number of carbonyl (C=O) groups excluding carboxylic acids is 2. The van der Waals surface area contributed by atoms with Crippen LogP contribution in [0.1, 0.15) is 42.9 Å². The molecule has 3 heterocycles. The molecular formula is C18H21N5O3. The second-order valence-corrected chi connectivity index (χ2v) is 6.92. The van der Waals surface area contributed by atoms with E-state index in [1.807, 2.05) is 24.3 Å². The van der Waals surface area contributed by atoms with E-state index in [1.54, 1.807) is 10.9 Å². The lowest BCUT2D eigenvalue weighted by Crippen LogP contribution is -2.39. The lowest BCUT2D eigenvalue weighted by molar-refractivity contribution is -0.134. The van der Waals surface area contributed by atoms with Gasteiger partial charge in [-0.15, -0.1) is 5.10 Å². The number of hydrogen-bond acceptors (Lipinski definition) is 6. The van der Waals surface area contributed by atoms with Gasteiger partial charge in [-0.1, -0.05) is 17.3 Å². The third kappa shape index (κ3) is 3.13. The fourth-order valence-corrected chi connectivity index (χ4v) is 3.59. The van der Waals surface area contributed by atoms with E-state index in [0.717, 1.165) is 24.3 Å². The Balaban J connectivity index is 1.52. The number of nitrogens with one attached hydrogen (secondary N) is 2. The van der Waals surface area contributed by atoms with Crippen molar-refractivity contribution in [2.75, 3.05) is 13.1 Å². The van der Waals surface area contributed by atoms with Crippen LogP contribution in [0.4, 0.5) is 0 Å². The molecule has 2 aliphatic rings. The van der Waals surface area contributed by atoms with Gasteiger partial charge in [-0.3, -0.25) is 14.9 Å². The van der Waals surface area contributed by atoms with Crippen molar-refractivity contribution < 1.29 is 14.7 Å². The quantitative estimate of drug-likeness (QED) is 0.686. The summed E-state index contributed by atoms with van der Waals surface area (Å²) in [6.07, 6.45) is 3.85. The molecule has 1 aromatic carbocycles. The van der Waals surface area contributed by atoms with Crippen LogP contribution in [0.5, 0.6) is 0 Å². The van der Waals surface area contributed by atoms with Crippen LogP contribution in [-0.4, -0.2) is 45.0 Å². The van der Waals surface area contributed by atoms with Crippen molar-refractivity contribution in [2.24, 2.45) is 0 Å². The van der Waals surface area contributed by atoms with Gasteiger partial charge in [0.1, 0.15) is 0 Å². The fraction of sp³-hybridized carbons (Fsp3) is 0.444. The van der Waals surface area contributed by atoms with Gasteiger partial charge in [-0.2, -0.15) is 0 Å². The van der Waals surface area contributed by atoms with Crippen molar-refractivity contribution >= 4 is 11.8 Å². The molecule has 0 bridgehead atoms. The molecule has 1 aromatic heterocycles. The Morgan fingerprint density at radius 2 is 1.88 bits per heavy atom. The third-order valence-corrected chi connectivity index (χ3v) is 5.21. The lowest BCUT2D eigenvalue weighted by Gasteiger charge is -2.33. The number of aromatic nitrogens is 3. The average molecular weight is 355 g/mol. The molecule has 136 valence electrons. The Labute approximate surface area is 150 Å². The van der Waals surface area contributed by atoms with E-state index in [0.29, 0.717) is 31.4 Å². The summed E-state index contributed by atoms with van der Waals surface area (Å²) in [7, 11) is 0. The molecule has 2 aromatic rings. The lowest BCUT2D eigenvalue weighted by atomic mass is 9.85. The molecule has 1 unspecified atom stereocenters. The molecule has 0 spiro atoms. The molecule has 1 atom stereocenters. The molecule has 4 rings (SSSR count). The first-order valence-electron chi connectivity index (χ1n) is 8.85. The summed E-state index contributed by atoms with van der Waals surface area (Å²) in [5.74, 6) is -1.02. The number of aliphatic hydroxyl groups is 1. The Bertz CT molecular complexity index is 824. The van der Waals surface area contributed by atoms with Crippen LogP contribution in [0, 0.1) is 0 Å². The molecule has 2 aliphatic heterocycles. The van der Waals surface area contributed by atoms with Gasteiger partial charge in [-0.25, -0.2) is 4.68 Å². The van der Waals surface area contributed by atoms with E-state index in [2.05, 4.69) is 20.9 Å². The van der Waals surface area contributed by atoms with E-state index >= 15 is 0 Å². The SMILES string of the molecule is O=C1CCC(c2cn(-c3ccc(C4(O)CCNCC4)cc3)nn2)C(=O)N1. The molecule has 0 saturated carbocycles. The molecular weight excluding hydrogens is 334 g/mol. The first-order valence-corrected chi connectivity index (χ1v) is 8.85. The highest BCUT2D eigenvalue weighted by molar-refractivity contribution is 6.00. The third-order valence-electron chi connectivity index (χ3n) is 5.21. The molecule has 3 N–H and O–H groups in total. The van der Waals surface area contributed by atoms with Gasteiger partial charge in [-0.05, 0) is 50.0 Å². The molecule has 8 heteroatoms. The second-order valence-electron chi connectivity index (χ2n) is 6.92. The summed E-state index contributed by atoms with van der Waals surface area (Å²) in [4.78, 5) is 23.2. The van der Waals surface area contributed by atoms with Gasteiger partial charge in [0, 0.05) is 6.42 Å². The number of hydrogen-bond donors (Lipinski definition) is 3. The predicted octanol–water partition coefficient (Wildman–Crippen LogP) is 0.358. The average Bonchev–Trinajstić information content (AvgIpc) is 3.12. The highest BCUT2D eigenvalue weighted by Crippen LogP contribution is 2.31. The Kier molecular flexibility index (Phi) is 4.29. The van der Waals surface area contributed by atoms with Crippen LogP contribution >= 0.6 is 0 Å². The normalized spacial score (nSPS) is 22.9. The van der Waals surface area contributed by atoms with Crippen LogP contribution < -0.4 is 10.6 Å². The summed E-state index contributed by atoms with van der Waals surface area (Å²) in [5, 5.41) is 24.6. The minimum atomic E-state index is -0.788. The first-order chi connectivity index (χ1) is 12.5. The second kappa shape index (κ2) is 6.62. The number of imide groups is 1. The predicted molar refractivity (Wildman–Crippen MR) is 92.5 cm³/mol. The van der Waals surface area contributed by atoms with Gasteiger partial charge in [0.2, 0.25) is 11.8 Å². The molecule has 0 aliphatic carbocycles. The fourth-order valence-electron chi connectivity index (χ4n) is 3.59. The van der Waals surface area contributed by atoms with Crippen LogP contribution in [0.2, 0.25) is 0 Å². The van der Waals surface area contributed by atoms with Crippen LogP contribution in [0.15, 0.2) is 30.5 Å². The number of rotatable bonds is 3. The highest BCUT2D eigenvalue weighted by atomic mass is 16.3. The van der Waals surface area contributed by atoms with Crippen molar-refractivity contribution in [1.82, 2.24) is 25.6 Å². The number of piperidine rings is 2. The number of nitrogens with zero attached hydrogens (tertiary/aromatic N) is 3. The van der Waals surface area contributed by atoms with Gasteiger partial charge >= 0.3 is 0 Å². The van der Waals surface area contributed by atoms with Crippen LogP contribution in [-0.2, 0) is 15.2 Å². The molecule has 0 radical (unpaired) electrons. The van der Waals surface area contributed by atoms with E-state index in [-0.39, 0.29) is 11.8 Å². The van der Waals surface area contributed by atoms with Crippen LogP contribution in [0.3, 0.4) is 0 Å². The summed E-state index contributed by atoms with van der Waals surface area (Å²) in [5.41, 5.74) is 1.46. The van der Waals surface area contributed by atoms with E-state index in [4.69, 9.17) is 0 Å². The molecule has 2 fully saturated rings. The zero-order valence-corrected chi connectivity index (χ0v) is 14.3. The maximum absolute atomic E-state index is 12.0. The molecule has 2 saturated heterocycles. The first kappa shape index (κ1) is 16.9. The van der Waals surface area contributed by atoms with Crippen LogP contribution in [0.25, 0.3) is 5.69 Å². The van der Waals surface area contributed by atoms with Crippen molar-refractivity contribution in [3.63, 3.8) is 0 Å². The summed E-state index contributed by atoms with van der Waals surface area (Å²) >= 11 is 0. The summed E-state index contributed by atoms with van der Waals surface area (Å²) in [6, 6.07) is 7.60. The maximum atomic E-state index is 12.0. The molecule has 8 nitrogen and oxygen atoms in total. The minimum Gasteiger partial charge on any atom is -0.385 e. The van der Waals surface area contributed by atoms with E-state index in [1.165, 1.54) is 0 Å². The molecule has 2 amide bonds. The number of carbonyl (C=O) groups is 2. The standard InChI is InChI=1S/C18H21N5O3/c24-16-6-5-14(17(25)20-16)15-11-23(22-21-15)13-3-1-12(2-4-13)18(26)7-9-19-10-8-18/h1-4,11,14,19,26H,5-10H2,(H,20,24,25). The number of benzene rings is 1. The van der Waals surface area contributed by atoms with Gasteiger partial charge < -0.3 is 10.4 Å². The summed E-state index contributed by atoms with van der Waals surface area (Å²) < 4.78 is 1.61. The highest BCUT2D eigenvalue weighted by Gasteiger charge is 2.32.